The maximum Gasteiger partial charge on any atom is 0.117 e. The van der Waals surface area contributed by atoms with E-state index >= 15 is 0 Å². The van der Waals surface area contributed by atoms with Gasteiger partial charge in [-0.2, -0.15) is 0 Å². The van der Waals surface area contributed by atoms with Gasteiger partial charge in [0.05, 0.1) is 11.0 Å². The summed E-state index contributed by atoms with van der Waals surface area (Å²) in [7, 11) is 0. The standard InChI is InChI=1S/C30H36N2/c1-21(2)19-23-11-15-25(16-12-23)22(3)29-31-27-9-7-8-10-28(27)32(29)20-24-13-17-26(18-14-24)30(4,5)6/h7-18,21-22H,19-20H2,1-6H3/t22-/m1/s1. The maximum absolute atomic E-state index is 5.08. The van der Waals surface area contributed by atoms with Gasteiger partial charge in [0.1, 0.15) is 5.82 Å². The molecule has 3 aromatic carbocycles. The van der Waals surface area contributed by atoms with Gasteiger partial charge in [-0.1, -0.05) is 102 Å². The van der Waals surface area contributed by atoms with Crippen LogP contribution in [0.1, 0.15) is 75.5 Å². The van der Waals surface area contributed by atoms with Gasteiger partial charge in [0.25, 0.3) is 0 Å². The smallest absolute Gasteiger partial charge is 0.117 e. The number of hydrogen-bond donors (Lipinski definition) is 0. The molecule has 0 fully saturated rings. The topological polar surface area (TPSA) is 17.8 Å². The molecule has 0 bridgehead atoms. The van der Waals surface area contributed by atoms with Crippen LogP contribution < -0.4 is 0 Å². The summed E-state index contributed by atoms with van der Waals surface area (Å²) in [5.41, 5.74) is 7.83. The fourth-order valence-corrected chi connectivity index (χ4v) is 4.45. The highest BCUT2D eigenvalue weighted by molar-refractivity contribution is 5.76. The normalized spacial score (nSPS) is 13.1. The lowest BCUT2D eigenvalue weighted by molar-refractivity contribution is 0.589. The number of para-hydroxylation sites is 2. The van der Waals surface area contributed by atoms with Crippen molar-refractivity contribution in [2.75, 3.05) is 0 Å². The van der Waals surface area contributed by atoms with Crippen LogP contribution in [0.25, 0.3) is 11.0 Å². The molecular formula is C30H36N2. The monoisotopic (exact) mass is 424 g/mol. The van der Waals surface area contributed by atoms with Crippen LogP contribution in [0.4, 0.5) is 0 Å². The van der Waals surface area contributed by atoms with Crippen LogP contribution in [0, 0.1) is 5.92 Å². The summed E-state index contributed by atoms with van der Waals surface area (Å²) < 4.78 is 2.40. The highest BCUT2D eigenvalue weighted by Crippen LogP contribution is 2.29. The first-order chi connectivity index (χ1) is 15.2. The summed E-state index contributed by atoms with van der Waals surface area (Å²) in [5, 5.41) is 0. The van der Waals surface area contributed by atoms with Crippen molar-refractivity contribution in [3.05, 3.63) is 101 Å². The molecule has 0 radical (unpaired) electrons. The number of aromatic nitrogens is 2. The van der Waals surface area contributed by atoms with Crippen LogP contribution >= 0.6 is 0 Å². The number of nitrogens with zero attached hydrogens (tertiary/aromatic N) is 2. The Morgan fingerprint density at radius 3 is 2.03 bits per heavy atom. The van der Waals surface area contributed by atoms with E-state index in [1.807, 2.05) is 0 Å². The van der Waals surface area contributed by atoms with Crippen LogP contribution in [-0.4, -0.2) is 9.55 Å². The van der Waals surface area contributed by atoms with E-state index in [1.54, 1.807) is 0 Å². The summed E-state index contributed by atoms with van der Waals surface area (Å²) in [6.07, 6.45) is 1.12. The second kappa shape index (κ2) is 8.94. The first-order valence-electron chi connectivity index (χ1n) is 11.9. The van der Waals surface area contributed by atoms with Crippen molar-refractivity contribution in [1.82, 2.24) is 9.55 Å². The van der Waals surface area contributed by atoms with Gasteiger partial charge in [-0.25, -0.2) is 4.98 Å². The molecule has 4 rings (SSSR count). The van der Waals surface area contributed by atoms with Crippen LogP contribution in [0.15, 0.2) is 72.8 Å². The predicted molar refractivity (Wildman–Crippen MR) is 136 cm³/mol. The number of hydrogen-bond acceptors (Lipinski definition) is 1. The fourth-order valence-electron chi connectivity index (χ4n) is 4.45. The zero-order valence-corrected chi connectivity index (χ0v) is 20.4. The minimum Gasteiger partial charge on any atom is -0.323 e. The van der Waals surface area contributed by atoms with Crippen molar-refractivity contribution in [2.24, 2.45) is 5.92 Å². The Hall–Kier alpha value is -2.87. The number of rotatable bonds is 6. The molecule has 166 valence electrons. The van der Waals surface area contributed by atoms with Gasteiger partial charge in [0.2, 0.25) is 0 Å². The quantitative estimate of drug-likeness (QED) is 0.309. The number of fused-ring (bicyclic) bond motifs is 1. The molecule has 1 heterocycles. The summed E-state index contributed by atoms with van der Waals surface area (Å²) in [4.78, 5) is 5.08. The van der Waals surface area contributed by atoms with Crippen molar-refractivity contribution in [3.8, 4) is 0 Å². The Bertz CT molecular complexity index is 1170. The lowest BCUT2D eigenvalue weighted by Gasteiger charge is -2.20. The third-order valence-corrected chi connectivity index (χ3v) is 6.36. The third-order valence-electron chi connectivity index (χ3n) is 6.36. The van der Waals surface area contributed by atoms with E-state index in [4.69, 9.17) is 4.98 Å². The number of imidazole rings is 1. The molecule has 0 saturated carbocycles. The van der Waals surface area contributed by atoms with Gasteiger partial charge < -0.3 is 4.57 Å². The van der Waals surface area contributed by atoms with Crippen molar-refractivity contribution < 1.29 is 0 Å². The minimum atomic E-state index is 0.168. The molecule has 0 aliphatic carbocycles. The average Bonchev–Trinajstić information content (AvgIpc) is 3.11. The van der Waals surface area contributed by atoms with Gasteiger partial charge in [-0.05, 0) is 52.1 Å². The largest absolute Gasteiger partial charge is 0.323 e. The highest BCUT2D eigenvalue weighted by atomic mass is 15.1. The average molecular weight is 425 g/mol. The molecule has 4 aromatic rings. The Morgan fingerprint density at radius 2 is 1.41 bits per heavy atom. The molecule has 0 aliphatic heterocycles. The van der Waals surface area contributed by atoms with E-state index in [1.165, 1.54) is 27.8 Å². The van der Waals surface area contributed by atoms with E-state index in [-0.39, 0.29) is 11.3 Å². The molecule has 0 aliphatic rings. The lowest BCUT2D eigenvalue weighted by Crippen LogP contribution is -2.12. The minimum absolute atomic E-state index is 0.168. The van der Waals surface area contributed by atoms with E-state index < -0.39 is 0 Å². The maximum atomic E-state index is 5.08. The molecule has 1 atom stereocenters. The zero-order chi connectivity index (χ0) is 22.9. The molecule has 32 heavy (non-hydrogen) atoms. The zero-order valence-electron chi connectivity index (χ0n) is 20.4. The highest BCUT2D eigenvalue weighted by Gasteiger charge is 2.19. The van der Waals surface area contributed by atoms with Gasteiger partial charge in [-0.3, -0.25) is 0 Å². The van der Waals surface area contributed by atoms with Crippen LogP contribution in [0.2, 0.25) is 0 Å². The summed E-state index contributed by atoms with van der Waals surface area (Å²) >= 11 is 0. The first-order valence-corrected chi connectivity index (χ1v) is 11.9. The Balaban J connectivity index is 1.68. The van der Waals surface area contributed by atoms with Crippen LogP contribution in [-0.2, 0) is 18.4 Å². The lowest BCUT2D eigenvalue weighted by atomic mass is 9.87. The van der Waals surface area contributed by atoms with Crippen LogP contribution in [0.3, 0.4) is 0 Å². The fraction of sp³-hybridized carbons (Fsp3) is 0.367. The van der Waals surface area contributed by atoms with Crippen molar-refractivity contribution in [1.29, 1.82) is 0 Å². The van der Waals surface area contributed by atoms with E-state index in [0.717, 1.165) is 24.3 Å². The van der Waals surface area contributed by atoms with E-state index in [9.17, 15) is 0 Å². The Morgan fingerprint density at radius 1 is 0.781 bits per heavy atom. The predicted octanol–water partition coefficient (Wildman–Crippen LogP) is 7.73. The second-order valence-corrected chi connectivity index (χ2v) is 10.6. The Kier molecular flexibility index (Phi) is 6.24. The Labute approximate surface area is 193 Å². The van der Waals surface area contributed by atoms with Gasteiger partial charge in [0.15, 0.2) is 0 Å². The second-order valence-electron chi connectivity index (χ2n) is 10.6. The van der Waals surface area contributed by atoms with Crippen molar-refractivity contribution in [2.45, 2.75) is 65.8 Å². The molecule has 1 aromatic heterocycles. The van der Waals surface area contributed by atoms with Crippen LogP contribution in [0.5, 0.6) is 0 Å². The van der Waals surface area contributed by atoms with Gasteiger partial charge in [0, 0.05) is 12.5 Å². The van der Waals surface area contributed by atoms with Gasteiger partial charge in [-0.15, -0.1) is 0 Å². The molecule has 0 spiro atoms. The van der Waals surface area contributed by atoms with Gasteiger partial charge >= 0.3 is 0 Å². The third kappa shape index (κ3) is 4.80. The van der Waals surface area contributed by atoms with E-state index in [2.05, 4.69) is 119 Å². The SMILES string of the molecule is CC(C)Cc1ccc([C@@H](C)c2nc3ccccc3n2Cc2ccc(C(C)(C)C)cc2)cc1. The molecule has 2 heteroatoms. The summed E-state index contributed by atoms with van der Waals surface area (Å²) in [6, 6.07) is 26.7. The molecule has 0 amide bonds. The summed E-state index contributed by atoms with van der Waals surface area (Å²) in [5.74, 6) is 2.03. The molecule has 0 unspecified atom stereocenters. The van der Waals surface area contributed by atoms with Crippen molar-refractivity contribution >= 4 is 11.0 Å². The van der Waals surface area contributed by atoms with Crippen molar-refractivity contribution in [3.63, 3.8) is 0 Å². The number of benzene rings is 3. The first kappa shape index (κ1) is 22.3. The molecule has 0 saturated heterocycles. The molecular weight excluding hydrogens is 388 g/mol. The van der Waals surface area contributed by atoms with E-state index in [0.29, 0.717) is 5.92 Å². The summed E-state index contributed by atoms with van der Waals surface area (Å²) in [6.45, 7) is 14.4. The molecule has 2 nitrogen and oxygen atoms in total. The molecule has 0 N–H and O–H groups in total.